The first-order chi connectivity index (χ1) is 11.9. The van der Waals surface area contributed by atoms with E-state index in [4.69, 9.17) is 0 Å². The monoisotopic (exact) mass is 366 g/mol. The molecule has 1 aliphatic rings. The molecule has 0 spiro atoms. The van der Waals surface area contributed by atoms with Gasteiger partial charge in [-0.15, -0.1) is 0 Å². The molecule has 2 aromatic carbocycles. The van der Waals surface area contributed by atoms with Crippen molar-refractivity contribution in [3.8, 4) is 0 Å². The summed E-state index contributed by atoms with van der Waals surface area (Å²) in [6.45, 7) is 1.00. The lowest BCUT2D eigenvalue weighted by atomic mass is 10.2. The summed E-state index contributed by atoms with van der Waals surface area (Å²) < 4.78 is 52.3. The second-order valence-corrected chi connectivity index (χ2v) is 7.66. The fraction of sp³-hybridized carbons (Fsp3) is 0.235. The number of nitrogens with one attached hydrogen (secondary N) is 1. The van der Waals surface area contributed by atoms with Crippen molar-refractivity contribution < 1.29 is 22.0 Å². The van der Waals surface area contributed by atoms with Crippen molar-refractivity contribution >= 4 is 21.6 Å². The third-order valence-electron chi connectivity index (χ3n) is 4.00. The zero-order valence-corrected chi connectivity index (χ0v) is 14.0. The molecule has 132 valence electrons. The standard InChI is InChI=1S/C17H16F2N2O3S/c18-15-8-5-13(11-16(15)19)20-17(22)12-3-6-14(7-4-12)25(23,24)21-9-1-2-10-21/h3-8,11H,1-2,9-10H2,(H,20,22). The van der Waals surface area contributed by atoms with E-state index >= 15 is 0 Å². The first-order valence-electron chi connectivity index (χ1n) is 7.74. The van der Waals surface area contributed by atoms with E-state index < -0.39 is 27.6 Å². The van der Waals surface area contributed by atoms with Crippen molar-refractivity contribution in [3.63, 3.8) is 0 Å². The van der Waals surface area contributed by atoms with E-state index in [-0.39, 0.29) is 16.1 Å². The fourth-order valence-electron chi connectivity index (χ4n) is 2.63. The molecule has 0 bridgehead atoms. The van der Waals surface area contributed by atoms with Gasteiger partial charge >= 0.3 is 0 Å². The molecule has 1 heterocycles. The Hall–Kier alpha value is -2.32. The van der Waals surface area contributed by atoms with Crippen molar-refractivity contribution in [2.24, 2.45) is 0 Å². The maximum Gasteiger partial charge on any atom is 0.255 e. The van der Waals surface area contributed by atoms with Gasteiger partial charge in [-0.25, -0.2) is 17.2 Å². The second-order valence-electron chi connectivity index (χ2n) is 5.72. The van der Waals surface area contributed by atoms with Gasteiger partial charge in [-0.2, -0.15) is 4.31 Å². The third-order valence-corrected chi connectivity index (χ3v) is 5.91. The molecule has 2 aromatic rings. The van der Waals surface area contributed by atoms with E-state index in [1.54, 1.807) is 0 Å². The number of carbonyl (C=O) groups excluding carboxylic acids is 1. The van der Waals surface area contributed by atoms with E-state index in [0.717, 1.165) is 25.0 Å². The Morgan fingerprint density at radius 1 is 0.960 bits per heavy atom. The zero-order chi connectivity index (χ0) is 18.0. The second kappa shape index (κ2) is 6.89. The molecular formula is C17H16F2N2O3S. The quantitative estimate of drug-likeness (QED) is 0.905. The lowest BCUT2D eigenvalue weighted by Gasteiger charge is -2.15. The van der Waals surface area contributed by atoms with Gasteiger partial charge in [0.25, 0.3) is 5.91 Å². The van der Waals surface area contributed by atoms with Crippen LogP contribution in [-0.4, -0.2) is 31.7 Å². The first kappa shape index (κ1) is 17.5. The number of amides is 1. The lowest BCUT2D eigenvalue weighted by Crippen LogP contribution is -2.27. The molecule has 0 radical (unpaired) electrons. The van der Waals surface area contributed by atoms with E-state index in [0.29, 0.717) is 13.1 Å². The fourth-order valence-corrected chi connectivity index (χ4v) is 4.15. The summed E-state index contributed by atoms with van der Waals surface area (Å²) in [4.78, 5) is 12.3. The molecule has 8 heteroatoms. The van der Waals surface area contributed by atoms with Crippen molar-refractivity contribution in [2.45, 2.75) is 17.7 Å². The van der Waals surface area contributed by atoms with Crippen LogP contribution in [0.15, 0.2) is 47.4 Å². The van der Waals surface area contributed by atoms with Crippen molar-refractivity contribution in [1.29, 1.82) is 0 Å². The van der Waals surface area contributed by atoms with Crippen LogP contribution in [0, 0.1) is 11.6 Å². The summed E-state index contributed by atoms with van der Waals surface area (Å²) in [5, 5.41) is 2.43. The smallest absolute Gasteiger partial charge is 0.255 e. The molecular weight excluding hydrogens is 350 g/mol. The van der Waals surface area contributed by atoms with Crippen LogP contribution in [0.5, 0.6) is 0 Å². The Morgan fingerprint density at radius 3 is 2.20 bits per heavy atom. The topological polar surface area (TPSA) is 66.5 Å². The number of halogens is 2. The maximum atomic E-state index is 13.2. The van der Waals surface area contributed by atoms with Crippen molar-refractivity contribution in [1.82, 2.24) is 4.31 Å². The zero-order valence-electron chi connectivity index (χ0n) is 13.2. The molecule has 0 unspecified atom stereocenters. The van der Waals surface area contributed by atoms with E-state index in [1.165, 1.54) is 34.6 Å². The SMILES string of the molecule is O=C(Nc1ccc(F)c(F)c1)c1ccc(S(=O)(=O)N2CCCC2)cc1. The lowest BCUT2D eigenvalue weighted by molar-refractivity contribution is 0.102. The molecule has 3 rings (SSSR count). The number of carbonyl (C=O) groups is 1. The van der Waals surface area contributed by atoms with Gasteiger partial charge in [0.2, 0.25) is 10.0 Å². The van der Waals surface area contributed by atoms with E-state index in [9.17, 15) is 22.0 Å². The molecule has 0 aliphatic carbocycles. The average molecular weight is 366 g/mol. The third kappa shape index (κ3) is 3.69. The summed E-state index contributed by atoms with van der Waals surface area (Å²) >= 11 is 0. The highest BCUT2D eigenvalue weighted by Gasteiger charge is 2.27. The highest BCUT2D eigenvalue weighted by Crippen LogP contribution is 2.21. The summed E-state index contributed by atoms with van der Waals surface area (Å²) in [7, 11) is -3.54. The number of nitrogens with zero attached hydrogens (tertiary/aromatic N) is 1. The first-order valence-corrected chi connectivity index (χ1v) is 9.18. The van der Waals surface area contributed by atoms with Gasteiger partial charge in [0, 0.05) is 30.4 Å². The minimum absolute atomic E-state index is 0.109. The van der Waals surface area contributed by atoms with Crippen LogP contribution < -0.4 is 5.32 Å². The van der Waals surface area contributed by atoms with Crippen molar-refractivity contribution in [3.05, 3.63) is 59.7 Å². The Kier molecular flexibility index (Phi) is 4.82. The number of hydrogen-bond acceptors (Lipinski definition) is 3. The minimum Gasteiger partial charge on any atom is -0.322 e. The Morgan fingerprint density at radius 2 is 1.60 bits per heavy atom. The van der Waals surface area contributed by atoms with Crippen LogP contribution in [0.1, 0.15) is 23.2 Å². The van der Waals surface area contributed by atoms with Gasteiger partial charge in [-0.3, -0.25) is 4.79 Å². The molecule has 1 amide bonds. The number of benzene rings is 2. The molecule has 0 saturated carbocycles. The molecule has 25 heavy (non-hydrogen) atoms. The largest absolute Gasteiger partial charge is 0.322 e. The summed E-state index contributed by atoms with van der Waals surface area (Å²) in [6.07, 6.45) is 1.68. The molecule has 1 saturated heterocycles. The van der Waals surface area contributed by atoms with Crippen LogP contribution in [0.2, 0.25) is 0 Å². The number of anilines is 1. The molecule has 0 atom stereocenters. The predicted molar refractivity (Wildman–Crippen MR) is 88.7 cm³/mol. The average Bonchev–Trinajstić information content (AvgIpc) is 3.14. The van der Waals surface area contributed by atoms with Crippen LogP contribution in [0.4, 0.5) is 14.5 Å². The number of sulfonamides is 1. The Bertz CT molecular complexity index is 893. The molecule has 1 N–H and O–H groups in total. The van der Waals surface area contributed by atoms with E-state index in [1.807, 2.05) is 0 Å². The van der Waals surface area contributed by atoms with Crippen LogP contribution in [0.3, 0.4) is 0 Å². The molecule has 1 fully saturated rings. The van der Waals surface area contributed by atoms with Gasteiger partial charge in [0.15, 0.2) is 11.6 Å². The highest BCUT2D eigenvalue weighted by molar-refractivity contribution is 7.89. The number of rotatable bonds is 4. The predicted octanol–water partition coefficient (Wildman–Crippen LogP) is 3.00. The van der Waals surface area contributed by atoms with E-state index in [2.05, 4.69) is 5.32 Å². The van der Waals surface area contributed by atoms with Crippen molar-refractivity contribution in [2.75, 3.05) is 18.4 Å². The molecule has 0 aromatic heterocycles. The maximum absolute atomic E-state index is 13.2. The summed E-state index contributed by atoms with van der Waals surface area (Å²) in [5.74, 6) is -2.62. The van der Waals surface area contributed by atoms with Crippen LogP contribution in [-0.2, 0) is 10.0 Å². The Balaban J connectivity index is 1.75. The Labute approximate surface area is 144 Å². The minimum atomic E-state index is -3.54. The summed E-state index contributed by atoms with van der Waals surface area (Å²) in [6, 6.07) is 8.54. The van der Waals surface area contributed by atoms with Crippen LogP contribution >= 0.6 is 0 Å². The van der Waals surface area contributed by atoms with Gasteiger partial charge < -0.3 is 5.32 Å². The summed E-state index contributed by atoms with van der Waals surface area (Å²) in [5.41, 5.74) is 0.322. The van der Waals surface area contributed by atoms with Gasteiger partial charge in [-0.1, -0.05) is 0 Å². The highest BCUT2D eigenvalue weighted by atomic mass is 32.2. The molecule has 1 aliphatic heterocycles. The number of hydrogen-bond donors (Lipinski definition) is 1. The molecule has 5 nitrogen and oxygen atoms in total. The van der Waals surface area contributed by atoms with Gasteiger partial charge in [0.1, 0.15) is 0 Å². The van der Waals surface area contributed by atoms with Gasteiger partial charge in [-0.05, 0) is 49.2 Å². The van der Waals surface area contributed by atoms with Gasteiger partial charge in [0.05, 0.1) is 4.90 Å². The normalized spacial score (nSPS) is 15.3. The van der Waals surface area contributed by atoms with Crippen LogP contribution in [0.25, 0.3) is 0 Å².